The van der Waals surface area contributed by atoms with E-state index in [-0.39, 0.29) is 0 Å². The zero-order valence-electron chi connectivity index (χ0n) is 53.3. The smallest absolute Gasteiger partial charge is 0.0978 e. The van der Waals surface area contributed by atoms with Crippen LogP contribution >= 0.6 is 240 Å². The lowest BCUT2D eigenvalue weighted by Crippen LogP contribution is -1.67. The average Bonchev–Trinajstić information content (AvgIpc) is 3.40. The first-order valence-electron chi connectivity index (χ1n) is 28.2. The van der Waals surface area contributed by atoms with Gasteiger partial charge in [0, 0.05) is 52.3 Å². The molecular formula is C65H81Cl7S14. The molecule has 0 N–H and O–H groups in total. The maximum Gasteiger partial charge on any atom is 0.0978 e. The molecule has 0 spiro atoms. The first-order valence-corrected chi connectivity index (χ1v) is 42.5. The topological polar surface area (TPSA) is 0 Å². The van der Waals surface area contributed by atoms with Crippen molar-refractivity contribution in [2.45, 2.75) is 159 Å². The fourth-order valence-electron chi connectivity index (χ4n) is 6.88. The van der Waals surface area contributed by atoms with E-state index in [1.807, 2.05) is 149 Å². The number of rotatable bonds is 0. The summed E-state index contributed by atoms with van der Waals surface area (Å²) in [7, 11) is 0. The standard InChI is InChI=1S/3C8H7ClS2.3C7H5ClS2.C6H3ClS2.7C2H6/c1-4-5(2)10-8-6(4)3-7(9)11-8;1-4-3-10-8-6(4)5(2)7(9)11-8;1-4-3-6-5(2)7(9)11-8(6)10-4;1-4-3-9-7-5(4)2-6(8)10-7;1-4-2-5-3-6(8)10-7(5)9-4;1-4-5-2-3-9-7(5)10-6(4)8;7-5-3-4-1-2-8-6(4)9-5;7*1-2/h3*3H,1-2H3;3*2-3H,1H3;1-3H;7*1-2H3. The molecule has 0 unspecified atom stereocenters. The summed E-state index contributed by atoms with van der Waals surface area (Å²) in [6.45, 7) is 47.0. The van der Waals surface area contributed by atoms with Crippen molar-refractivity contribution in [1.82, 2.24) is 0 Å². The number of halogens is 7. The summed E-state index contributed by atoms with van der Waals surface area (Å²) in [4.78, 5) is 4.13. The van der Waals surface area contributed by atoms with E-state index in [0.29, 0.717) is 0 Å². The van der Waals surface area contributed by atoms with E-state index in [4.69, 9.17) is 81.2 Å². The largest absolute Gasteiger partial charge is 0.133 e. The lowest BCUT2D eigenvalue weighted by Gasteiger charge is -1.87. The van der Waals surface area contributed by atoms with Crippen molar-refractivity contribution in [3.63, 3.8) is 0 Å². The first kappa shape index (κ1) is 83.7. The van der Waals surface area contributed by atoms with E-state index in [9.17, 15) is 0 Å². The van der Waals surface area contributed by atoms with Crippen LogP contribution in [-0.4, -0.2) is 0 Å². The molecule has 0 saturated heterocycles. The molecule has 0 fully saturated rings. The Balaban J connectivity index is 0.000000485. The zero-order chi connectivity index (χ0) is 65.7. The Morgan fingerprint density at radius 1 is 0.279 bits per heavy atom. The molecule has 0 radical (unpaired) electrons. The monoisotopic (exact) mass is 1550 g/mol. The van der Waals surface area contributed by atoms with Gasteiger partial charge in [-0.25, -0.2) is 0 Å². The second-order valence-electron chi connectivity index (χ2n) is 15.8. The number of thiophene rings is 14. The Kier molecular flexibility index (Phi) is 43.1. The Morgan fingerprint density at radius 3 is 1.21 bits per heavy atom. The van der Waals surface area contributed by atoms with Gasteiger partial charge in [-0.3, -0.25) is 0 Å². The van der Waals surface area contributed by atoms with Crippen LogP contribution in [0.15, 0.2) is 70.1 Å². The number of aryl methyl sites for hydroxylation is 9. The maximum absolute atomic E-state index is 5.99. The molecule has 14 heterocycles. The second kappa shape index (κ2) is 44.3. The quantitative estimate of drug-likeness (QED) is 0.142. The highest BCUT2D eigenvalue weighted by atomic mass is 35.5. The zero-order valence-corrected chi connectivity index (χ0v) is 70.0. The third-order valence-electron chi connectivity index (χ3n) is 10.7. The van der Waals surface area contributed by atoms with Crippen molar-refractivity contribution in [3.05, 3.63) is 148 Å². The Bertz CT molecular complexity index is 3880. The molecule has 14 aromatic rings. The fourth-order valence-corrected chi connectivity index (χ4v) is 25.2. The lowest BCUT2D eigenvalue weighted by molar-refractivity contribution is 1.47. The molecule has 0 aliphatic heterocycles. The van der Waals surface area contributed by atoms with Crippen LogP contribution in [0.3, 0.4) is 0 Å². The normalized spacial score (nSPS) is 9.74. The minimum Gasteiger partial charge on any atom is -0.133 e. The molecule has 14 aromatic heterocycles. The summed E-state index contributed by atoms with van der Waals surface area (Å²) in [6, 6.07) is 16.7. The van der Waals surface area contributed by atoms with Crippen LogP contribution in [0.2, 0.25) is 30.4 Å². The van der Waals surface area contributed by atoms with E-state index < -0.39 is 0 Å². The van der Waals surface area contributed by atoms with Crippen LogP contribution in [0.4, 0.5) is 0 Å². The molecule has 0 amide bonds. The highest BCUT2D eigenvalue weighted by Gasteiger charge is 2.12. The number of hydrogen-bond acceptors (Lipinski definition) is 14. The van der Waals surface area contributed by atoms with E-state index in [0.717, 1.165) is 30.4 Å². The van der Waals surface area contributed by atoms with E-state index in [1.54, 1.807) is 125 Å². The van der Waals surface area contributed by atoms with E-state index in [2.05, 4.69) is 114 Å². The van der Waals surface area contributed by atoms with Gasteiger partial charge < -0.3 is 0 Å². The van der Waals surface area contributed by atoms with Crippen LogP contribution in [0.25, 0.3) is 65.8 Å². The summed E-state index contributed by atoms with van der Waals surface area (Å²) in [5.41, 5.74) is 7.77. The van der Waals surface area contributed by atoms with Crippen molar-refractivity contribution in [1.29, 1.82) is 0 Å². The minimum atomic E-state index is 0.886. The third kappa shape index (κ3) is 24.2. The van der Waals surface area contributed by atoms with Crippen molar-refractivity contribution in [2.24, 2.45) is 0 Å². The summed E-state index contributed by atoms with van der Waals surface area (Å²) < 4.78 is 15.8. The molecule has 0 atom stereocenters. The molecule has 21 heteroatoms. The van der Waals surface area contributed by atoms with Crippen molar-refractivity contribution >= 4 is 306 Å². The summed E-state index contributed by atoms with van der Waals surface area (Å²) in [5.74, 6) is 0. The van der Waals surface area contributed by atoms with Gasteiger partial charge in [0.2, 0.25) is 0 Å². The van der Waals surface area contributed by atoms with Crippen LogP contribution in [0.5, 0.6) is 0 Å². The van der Waals surface area contributed by atoms with Crippen LogP contribution in [0, 0.1) is 62.3 Å². The van der Waals surface area contributed by atoms with Gasteiger partial charge in [-0.2, -0.15) is 0 Å². The van der Waals surface area contributed by atoms with Gasteiger partial charge in [-0.15, -0.1) is 159 Å². The first-order chi connectivity index (χ1) is 41.2. The van der Waals surface area contributed by atoms with Crippen molar-refractivity contribution < 1.29 is 0 Å². The van der Waals surface area contributed by atoms with Gasteiger partial charge in [0.05, 0.1) is 58.4 Å². The van der Waals surface area contributed by atoms with Gasteiger partial charge in [0.1, 0.15) is 0 Å². The molecular weight excluding hydrogens is 1480 g/mol. The maximum atomic E-state index is 5.99. The van der Waals surface area contributed by atoms with Gasteiger partial charge >= 0.3 is 0 Å². The van der Waals surface area contributed by atoms with Gasteiger partial charge in [-0.1, -0.05) is 178 Å². The summed E-state index contributed by atoms with van der Waals surface area (Å²) >= 11 is 65.3. The van der Waals surface area contributed by atoms with Crippen LogP contribution < -0.4 is 0 Å². The Labute approximate surface area is 605 Å². The molecule has 14 rings (SSSR count). The number of fused-ring (bicyclic) bond motifs is 7. The van der Waals surface area contributed by atoms with Gasteiger partial charge in [0.15, 0.2) is 0 Å². The van der Waals surface area contributed by atoms with Gasteiger partial charge in [-0.05, 0) is 166 Å². The third-order valence-corrected chi connectivity index (χ3v) is 28.8. The molecule has 0 bridgehead atoms. The van der Waals surface area contributed by atoms with Crippen molar-refractivity contribution in [2.75, 3.05) is 0 Å². The molecule has 0 aliphatic carbocycles. The fraction of sp³-hybridized carbons (Fsp3) is 0.354. The molecule has 0 nitrogen and oxygen atoms in total. The Hall–Kier alpha value is -0.350. The van der Waals surface area contributed by atoms with E-state index >= 15 is 0 Å². The highest BCUT2D eigenvalue weighted by Crippen LogP contribution is 2.43. The van der Waals surface area contributed by atoms with Gasteiger partial charge in [0.25, 0.3) is 0 Å². The molecule has 0 saturated carbocycles. The highest BCUT2D eigenvalue weighted by molar-refractivity contribution is 7.42. The van der Waals surface area contributed by atoms with Crippen LogP contribution in [0.1, 0.15) is 145 Å². The predicted octanol–water partition coefficient (Wildman–Crippen LogP) is 35.3. The molecule has 86 heavy (non-hydrogen) atoms. The van der Waals surface area contributed by atoms with Crippen molar-refractivity contribution in [3.8, 4) is 0 Å². The number of hydrogen-bond donors (Lipinski definition) is 0. The van der Waals surface area contributed by atoms with Crippen LogP contribution in [-0.2, 0) is 0 Å². The molecule has 0 aliphatic rings. The summed E-state index contributed by atoms with van der Waals surface area (Å²) in [6.07, 6.45) is 0. The SMILES string of the molecule is CC.CC.CC.CC.CC.CC.CC.Cc1c(Cl)sc2sccc12.Cc1cc2c(C)c(Cl)sc2s1.Cc1cc2cc(Cl)sc2s1.Cc1csc2sc(Cl)c(C)c12.Cc1csc2sc(Cl)cc12.Cc1sc2sc(Cl)cc2c1C.Clc1cc2ccsc2s1. The summed E-state index contributed by atoms with van der Waals surface area (Å²) in [5, 5.41) is 17.8. The molecule has 0 aromatic carbocycles. The second-order valence-corrected chi connectivity index (χ2v) is 36.6. The average molecular weight is 1560 g/mol. The lowest BCUT2D eigenvalue weighted by atomic mass is 10.2. The minimum absolute atomic E-state index is 0.886. The predicted molar refractivity (Wildman–Crippen MR) is 435 cm³/mol. The van der Waals surface area contributed by atoms with E-state index in [1.165, 1.54) is 114 Å². The Morgan fingerprint density at radius 2 is 0.674 bits per heavy atom. The molecule has 474 valence electrons.